The van der Waals surface area contributed by atoms with Crippen LogP contribution >= 0.6 is 27.3 Å². The average molecular weight is 354 g/mol. The van der Waals surface area contributed by atoms with Gasteiger partial charge in [-0.25, -0.2) is 0 Å². The van der Waals surface area contributed by atoms with E-state index in [-0.39, 0.29) is 0 Å². The van der Waals surface area contributed by atoms with E-state index in [1.54, 1.807) is 18.4 Å². The Morgan fingerprint density at radius 2 is 2.10 bits per heavy atom. The Bertz CT molecular complexity index is 567. The van der Waals surface area contributed by atoms with Crippen LogP contribution in [0.1, 0.15) is 29.0 Å². The number of methoxy groups -OCH3 is 1. The first-order chi connectivity index (χ1) is 9.63. The van der Waals surface area contributed by atoms with E-state index in [1.807, 2.05) is 0 Å². The van der Waals surface area contributed by atoms with Crippen LogP contribution in [0.2, 0.25) is 0 Å². The number of halogens is 1. The van der Waals surface area contributed by atoms with Crippen LogP contribution < -0.4 is 10.1 Å². The Labute approximate surface area is 133 Å². The predicted octanol–water partition coefficient (Wildman–Crippen LogP) is 4.72. The Kier molecular flexibility index (Phi) is 5.64. The monoisotopic (exact) mass is 353 g/mol. The van der Waals surface area contributed by atoms with E-state index in [1.165, 1.54) is 19.8 Å². The van der Waals surface area contributed by atoms with E-state index in [4.69, 9.17) is 4.74 Å². The number of hydrogen-bond donors (Lipinski definition) is 1. The first kappa shape index (κ1) is 15.5. The highest BCUT2D eigenvalue weighted by Crippen LogP contribution is 2.29. The summed E-state index contributed by atoms with van der Waals surface area (Å²) in [7, 11) is 1.73. The molecule has 20 heavy (non-hydrogen) atoms. The van der Waals surface area contributed by atoms with E-state index >= 15 is 0 Å². The van der Waals surface area contributed by atoms with Crippen LogP contribution in [0.3, 0.4) is 0 Å². The molecule has 2 nitrogen and oxygen atoms in total. The molecular formula is C16H20BrNOS. The van der Waals surface area contributed by atoms with Crippen molar-refractivity contribution in [3.8, 4) is 5.75 Å². The van der Waals surface area contributed by atoms with Gasteiger partial charge in [-0.15, -0.1) is 11.3 Å². The summed E-state index contributed by atoms with van der Waals surface area (Å²) >= 11 is 5.32. The van der Waals surface area contributed by atoms with Crippen LogP contribution in [-0.2, 0) is 6.42 Å². The molecule has 0 saturated carbocycles. The third-order valence-corrected chi connectivity index (χ3v) is 4.97. The highest BCUT2D eigenvalue weighted by Gasteiger charge is 2.14. The number of hydrogen-bond acceptors (Lipinski definition) is 3. The number of likely N-dealkylation sites (N-methyl/N-ethyl adjacent to an activating group) is 1. The van der Waals surface area contributed by atoms with Gasteiger partial charge in [-0.2, -0.15) is 0 Å². The third kappa shape index (κ3) is 3.84. The van der Waals surface area contributed by atoms with Crippen molar-refractivity contribution in [1.82, 2.24) is 5.32 Å². The van der Waals surface area contributed by atoms with Gasteiger partial charge >= 0.3 is 0 Å². The van der Waals surface area contributed by atoms with Crippen molar-refractivity contribution < 1.29 is 4.74 Å². The normalized spacial score (nSPS) is 12.4. The highest BCUT2D eigenvalue weighted by molar-refractivity contribution is 9.11. The molecule has 0 saturated heterocycles. The van der Waals surface area contributed by atoms with Crippen LogP contribution in [0.25, 0.3) is 0 Å². The van der Waals surface area contributed by atoms with E-state index in [0.717, 1.165) is 18.7 Å². The molecule has 4 heteroatoms. The van der Waals surface area contributed by atoms with Crippen LogP contribution in [-0.4, -0.2) is 13.7 Å². The van der Waals surface area contributed by atoms with Gasteiger partial charge in [-0.3, -0.25) is 0 Å². The lowest BCUT2D eigenvalue weighted by Crippen LogP contribution is -2.22. The maximum Gasteiger partial charge on any atom is 0.122 e. The topological polar surface area (TPSA) is 21.3 Å². The first-order valence-corrected chi connectivity index (χ1v) is 8.37. The number of ether oxygens (including phenoxy) is 1. The molecule has 108 valence electrons. The molecule has 1 heterocycles. The Morgan fingerprint density at radius 3 is 2.70 bits per heavy atom. The summed E-state index contributed by atoms with van der Waals surface area (Å²) in [5, 5.41) is 3.56. The minimum absolute atomic E-state index is 0.319. The van der Waals surface area contributed by atoms with Gasteiger partial charge in [0.2, 0.25) is 0 Å². The SMILES string of the molecule is CCNC(Cc1ccc(Br)s1)c1ccc(C)c(OC)c1. The van der Waals surface area contributed by atoms with Gasteiger partial charge in [0.15, 0.2) is 0 Å². The molecular weight excluding hydrogens is 334 g/mol. The second-order valence-electron chi connectivity index (χ2n) is 4.75. The molecule has 0 amide bonds. The summed E-state index contributed by atoms with van der Waals surface area (Å²) in [6.07, 6.45) is 0.996. The highest BCUT2D eigenvalue weighted by atomic mass is 79.9. The summed E-state index contributed by atoms with van der Waals surface area (Å²) in [5.41, 5.74) is 2.45. The van der Waals surface area contributed by atoms with Crippen molar-refractivity contribution in [2.45, 2.75) is 26.3 Å². The molecule has 0 fully saturated rings. The van der Waals surface area contributed by atoms with E-state index in [0.29, 0.717) is 6.04 Å². The predicted molar refractivity (Wildman–Crippen MR) is 89.9 cm³/mol. The average Bonchev–Trinajstić information content (AvgIpc) is 2.84. The summed E-state index contributed by atoms with van der Waals surface area (Å²) < 4.78 is 6.62. The second-order valence-corrected chi connectivity index (χ2v) is 7.30. The standard InChI is InChI=1S/C16H20BrNOS/c1-4-18-14(10-13-7-8-16(17)20-13)12-6-5-11(2)15(9-12)19-3/h5-9,14,18H,4,10H2,1-3H3. The Hall–Kier alpha value is -0.840. The molecule has 0 bridgehead atoms. The van der Waals surface area contributed by atoms with Crippen LogP contribution in [0.15, 0.2) is 34.1 Å². The van der Waals surface area contributed by atoms with Crippen LogP contribution in [0.5, 0.6) is 5.75 Å². The molecule has 0 radical (unpaired) electrons. The van der Waals surface area contributed by atoms with Gasteiger partial charge in [0.25, 0.3) is 0 Å². The van der Waals surface area contributed by atoms with E-state index < -0.39 is 0 Å². The van der Waals surface area contributed by atoms with Crippen molar-refractivity contribution in [2.24, 2.45) is 0 Å². The van der Waals surface area contributed by atoms with Gasteiger partial charge in [-0.05, 0) is 58.7 Å². The van der Waals surface area contributed by atoms with Gasteiger partial charge in [0.05, 0.1) is 10.9 Å². The lowest BCUT2D eigenvalue weighted by Gasteiger charge is -2.19. The first-order valence-electron chi connectivity index (χ1n) is 6.76. The third-order valence-electron chi connectivity index (χ3n) is 3.32. The summed E-state index contributed by atoms with van der Waals surface area (Å²) in [4.78, 5) is 1.38. The Balaban J connectivity index is 2.23. The number of thiophene rings is 1. The van der Waals surface area contributed by atoms with Crippen molar-refractivity contribution in [1.29, 1.82) is 0 Å². The van der Waals surface area contributed by atoms with Gasteiger partial charge in [-0.1, -0.05) is 19.1 Å². The molecule has 1 aromatic heterocycles. The second kappa shape index (κ2) is 7.25. The minimum atomic E-state index is 0.319. The molecule has 0 aliphatic heterocycles. The molecule has 2 rings (SSSR count). The molecule has 1 N–H and O–H groups in total. The van der Waals surface area contributed by atoms with Gasteiger partial charge in [0, 0.05) is 17.3 Å². The zero-order valence-electron chi connectivity index (χ0n) is 12.1. The number of nitrogens with one attached hydrogen (secondary N) is 1. The molecule has 0 aliphatic carbocycles. The van der Waals surface area contributed by atoms with E-state index in [2.05, 4.69) is 65.4 Å². The molecule has 1 aromatic carbocycles. The largest absolute Gasteiger partial charge is 0.496 e. The Morgan fingerprint density at radius 1 is 1.30 bits per heavy atom. The molecule has 2 aromatic rings. The van der Waals surface area contributed by atoms with Crippen molar-refractivity contribution in [2.75, 3.05) is 13.7 Å². The number of aryl methyl sites for hydroxylation is 1. The summed E-state index contributed by atoms with van der Waals surface area (Å²) in [6, 6.07) is 11.1. The molecule has 1 atom stereocenters. The summed E-state index contributed by atoms with van der Waals surface area (Å²) in [6.45, 7) is 5.16. The fourth-order valence-corrected chi connectivity index (χ4v) is 3.80. The lowest BCUT2D eigenvalue weighted by molar-refractivity contribution is 0.410. The smallest absolute Gasteiger partial charge is 0.122 e. The van der Waals surface area contributed by atoms with Crippen molar-refractivity contribution >= 4 is 27.3 Å². The maximum atomic E-state index is 5.44. The van der Waals surface area contributed by atoms with Crippen LogP contribution in [0, 0.1) is 6.92 Å². The van der Waals surface area contributed by atoms with Crippen molar-refractivity contribution in [3.05, 3.63) is 50.1 Å². The molecule has 0 spiro atoms. The minimum Gasteiger partial charge on any atom is -0.496 e. The van der Waals surface area contributed by atoms with E-state index in [9.17, 15) is 0 Å². The van der Waals surface area contributed by atoms with Crippen molar-refractivity contribution in [3.63, 3.8) is 0 Å². The maximum absolute atomic E-state index is 5.44. The van der Waals surface area contributed by atoms with Gasteiger partial charge < -0.3 is 10.1 Å². The number of rotatable bonds is 6. The molecule has 1 unspecified atom stereocenters. The lowest BCUT2D eigenvalue weighted by atomic mass is 10.0. The summed E-state index contributed by atoms with van der Waals surface area (Å²) in [5.74, 6) is 0.956. The fourth-order valence-electron chi connectivity index (χ4n) is 2.27. The fraction of sp³-hybridized carbons (Fsp3) is 0.375. The zero-order valence-corrected chi connectivity index (χ0v) is 14.5. The zero-order chi connectivity index (χ0) is 14.5. The van der Waals surface area contributed by atoms with Crippen LogP contribution in [0.4, 0.5) is 0 Å². The number of benzene rings is 1. The van der Waals surface area contributed by atoms with Gasteiger partial charge in [0.1, 0.15) is 5.75 Å². The quantitative estimate of drug-likeness (QED) is 0.810. The molecule has 0 aliphatic rings.